The fraction of sp³-hybridized carbons (Fsp3) is 0.250. The molecule has 84 valence electrons. The summed E-state index contributed by atoms with van der Waals surface area (Å²) < 4.78 is 40.7. The van der Waals surface area contributed by atoms with Gasteiger partial charge in [0.05, 0.1) is 14.2 Å². The molecule has 0 radical (unpaired) electrons. The van der Waals surface area contributed by atoms with Crippen LogP contribution < -0.4 is 15.2 Å². The topological polar surface area (TPSA) is 98.9 Å². The van der Waals surface area contributed by atoms with Crippen molar-refractivity contribution in [3.05, 3.63) is 12.1 Å². The zero-order chi connectivity index (χ0) is 11.6. The first-order valence-corrected chi connectivity index (χ1v) is 5.33. The predicted octanol–water partition coefficient (Wildman–Crippen LogP) is 0.533. The van der Waals surface area contributed by atoms with Gasteiger partial charge in [-0.05, 0) is 0 Å². The minimum atomic E-state index is -4.41. The molecule has 0 amide bonds. The van der Waals surface area contributed by atoms with E-state index in [9.17, 15) is 8.42 Å². The SMILES string of the molecule is COc1cc(N)cc(OC)c1S(=O)(=O)O. The molecule has 0 bridgehead atoms. The second-order valence-electron chi connectivity index (χ2n) is 2.73. The Balaban J connectivity index is 3.59. The Morgan fingerprint density at radius 1 is 1.20 bits per heavy atom. The molecule has 1 aromatic carbocycles. The minimum Gasteiger partial charge on any atom is -0.495 e. The Hall–Kier alpha value is -1.47. The maximum absolute atomic E-state index is 11.1. The first-order chi connectivity index (χ1) is 6.90. The van der Waals surface area contributed by atoms with Crippen molar-refractivity contribution < 1.29 is 22.4 Å². The molecule has 0 spiro atoms. The van der Waals surface area contributed by atoms with Crippen LogP contribution in [0.1, 0.15) is 0 Å². The number of hydrogen-bond acceptors (Lipinski definition) is 5. The van der Waals surface area contributed by atoms with Gasteiger partial charge >= 0.3 is 10.1 Å². The van der Waals surface area contributed by atoms with E-state index in [0.29, 0.717) is 0 Å². The van der Waals surface area contributed by atoms with Gasteiger partial charge in [0.25, 0.3) is 0 Å². The van der Waals surface area contributed by atoms with Crippen molar-refractivity contribution in [3.63, 3.8) is 0 Å². The van der Waals surface area contributed by atoms with E-state index in [1.54, 1.807) is 0 Å². The number of hydrogen-bond donors (Lipinski definition) is 2. The van der Waals surface area contributed by atoms with Crippen LogP contribution in [0.3, 0.4) is 0 Å². The van der Waals surface area contributed by atoms with Crippen LogP contribution in [-0.2, 0) is 10.1 Å². The van der Waals surface area contributed by atoms with Crippen LogP contribution >= 0.6 is 0 Å². The smallest absolute Gasteiger partial charge is 0.301 e. The Bertz CT molecular complexity index is 443. The average Bonchev–Trinajstić information content (AvgIpc) is 2.14. The van der Waals surface area contributed by atoms with Gasteiger partial charge < -0.3 is 15.2 Å². The molecule has 6 nitrogen and oxygen atoms in total. The molecule has 3 N–H and O–H groups in total. The van der Waals surface area contributed by atoms with Gasteiger partial charge in [0, 0.05) is 17.8 Å². The second kappa shape index (κ2) is 3.95. The van der Waals surface area contributed by atoms with Crippen molar-refractivity contribution in [2.45, 2.75) is 4.90 Å². The third kappa shape index (κ3) is 2.31. The molecule has 0 aliphatic heterocycles. The van der Waals surface area contributed by atoms with Crippen LogP contribution in [0.15, 0.2) is 17.0 Å². The van der Waals surface area contributed by atoms with Gasteiger partial charge in [-0.15, -0.1) is 0 Å². The Morgan fingerprint density at radius 3 is 1.87 bits per heavy atom. The van der Waals surface area contributed by atoms with Crippen LogP contribution in [0.25, 0.3) is 0 Å². The number of methoxy groups -OCH3 is 2. The Morgan fingerprint density at radius 2 is 1.60 bits per heavy atom. The molecule has 0 atom stereocenters. The van der Waals surface area contributed by atoms with Gasteiger partial charge in [-0.25, -0.2) is 0 Å². The maximum atomic E-state index is 11.1. The monoisotopic (exact) mass is 233 g/mol. The van der Waals surface area contributed by atoms with E-state index >= 15 is 0 Å². The van der Waals surface area contributed by atoms with E-state index < -0.39 is 15.0 Å². The second-order valence-corrected chi connectivity index (χ2v) is 4.09. The third-order valence-electron chi connectivity index (χ3n) is 1.74. The van der Waals surface area contributed by atoms with Gasteiger partial charge in [-0.2, -0.15) is 8.42 Å². The molecule has 0 aliphatic carbocycles. The normalized spacial score (nSPS) is 11.1. The number of ether oxygens (including phenoxy) is 2. The van der Waals surface area contributed by atoms with Gasteiger partial charge in [-0.3, -0.25) is 4.55 Å². The number of nitrogen functional groups attached to an aromatic ring is 1. The summed E-state index contributed by atoms with van der Waals surface area (Å²) in [5, 5.41) is 0. The molecule has 15 heavy (non-hydrogen) atoms. The summed E-state index contributed by atoms with van der Waals surface area (Å²) in [6, 6.07) is 2.57. The summed E-state index contributed by atoms with van der Waals surface area (Å²) >= 11 is 0. The van der Waals surface area contributed by atoms with Crippen molar-refractivity contribution in [1.29, 1.82) is 0 Å². The highest BCUT2D eigenvalue weighted by Crippen LogP contribution is 2.35. The van der Waals surface area contributed by atoms with E-state index in [4.69, 9.17) is 19.8 Å². The highest BCUT2D eigenvalue weighted by atomic mass is 32.2. The summed E-state index contributed by atoms with van der Waals surface area (Å²) in [5.74, 6) is -0.122. The molecular weight excluding hydrogens is 222 g/mol. The predicted molar refractivity (Wildman–Crippen MR) is 53.8 cm³/mol. The lowest BCUT2D eigenvalue weighted by molar-refractivity contribution is 0.368. The lowest BCUT2D eigenvalue weighted by Crippen LogP contribution is -2.05. The number of benzene rings is 1. The average molecular weight is 233 g/mol. The van der Waals surface area contributed by atoms with Crippen LogP contribution in [0, 0.1) is 0 Å². The number of rotatable bonds is 3. The zero-order valence-electron chi connectivity index (χ0n) is 8.22. The molecule has 0 saturated heterocycles. The zero-order valence-corrected chi connectivity index (χ0v) is 9.04. The van der Waals surface area contributed by atoms with Gasteiger partial charge in [0.2, 0.25) is 0 Å². The quantitative estimate of drug-likeness (QED) is 0.583. The first kappa shape index (κ1) is 11.6. The highest BCUT2D eigenvalue weighted by molar-refractivity contribution is 7.86. The summed E-state index contributed by atoms with van der Waals surface area (Å²) in [7, 11) is -1.88. The lowest BCUT2D eigenvalue weighted by Gasteiger charge is -2.11. The van der Waals surface area contributed by atoms with E-state index in [2.05, 4.69) is 0 Å². The molecule has 0 aliphatic rings. The molecule has 7 heteroatoms. The first-order valence-electron chi connectivity index (χ1n) is 3.89. The van der Waals surface area contributed by atoms with Crippen LogP contribution in [0.2, 0.25) is 0 Å². The van der Waals surface area contributed by atoms with Crippen molar-refractivity contribution in [2.24, 2.45) is 0 Å². The molecule has 0 heterocycles. The van der Waals surface area contributed by atoms with E-state index in [1.807, 2.05) is 0 Å². The largest absolute Gasteiger partial charge is 0.495 e. The molecular formula is C8H11NO5S. The van der Waals surface area contributed by atoms with Gasteiger partial charge in [0.1, 0.15) is 11.5 Å². The van der Waals surface area contributed by atoms with Crippen LogP contribution in [0.4, 0.5) is 5.69 Å². The van der Waals surface area contributed by atoms with Crippen molar-refractivity contribution in [1.82, 2.24) is 0 Å². The fourth-order valence-electron chi connectivity index (χ4n) is 1.15. The maximum Gasteiger partial charge on any atom is 0.301 e. The standard InChI is InChI=1S/C8H11NO5S/c1-13-6-3-5(9)4-7(14-2)8(6)15(10,11)12/h3-4H,9H2,1-2H3,(H,10,11,12). The lowest BCUT2D eigenvalue weighted by atomic mass is 10.3. The van der Waals surface area contributed by atoms with E-state index in [0.717, 1.165) is 0 Å². The van der Waals surface area contributed by atoms with Crippen LogP contribution in [-0.4, -0.2) is 27.2 Å². The van der Waals surface area contributed by atoms with Crippen molar-refractivity contribution in [3.8, 4) is 11.5 Å². The molecule has 0 fully saturated rings. The Kier molecular flexibility index (Phi) is 3.06. The molecule has 0 unspecified atom stereocenters. The van der Waals surface area contributed by atoms with Crippen molar-refractivity contribution in [2.75, 3.05) is 20.0 Å². The summed E-state index contributed by atoms with van der Waals surface area (Å²) in [6.45, 7) is 0. The van der Waals surface area contributed by atoms with E-state index in [1.165, 1.54) is 26.4 Å². The summed E-state index contributed by atoms with van der Waals surface area (Å²) in [4.78, 5) is -0.429. The van der Waals surface area contributed by atoms with Gasteiger partial charge in [0.15, 0.2) is 4.90 Å². The van der Waals surface area contributed by atoms with E-state index in [-0.39, 0.29) is 17.2 Å². The number of nitrogens with two attached hydrogens (primary N) is 1. The molecule has 0 saturated carbocycles. The van der Waals surface area contributed by atoms with Crippen molar-refractivity contribution >= 4 is 15.8 Å². The highest BCUT2D eigenvalue weighted by Gasteiger charge is 2.23. The third-order valence-corrected chi connectivity index (χ3v) is 2.66. The minimum absolute atomic E-state index is 0.0608. The molecule has 1 rings (SSSR count). The number of anilines is 1. The molecule has 1 aromatic rings. The molecule has 0 aromatic heterocycles. The Labute approximate surface area is 87.4 Å². The fourth-order valence-corrected chi connectivity index (χ4v) is 1.95. The summed E-state index contributed by atoms with van der Waals surface area (Å²) in [6.07, 6.45) is 0. The summed E-state index contributed by atoms with van der Waals surface area (Å²) in [5.41, 5.74) is 5.76. The van der Waals surface area contributed by atoms with Gasteiger partial charge in [-0.1, -0.05) is 0 Å². The van der Waals surface area contributed by atoms with Crippen LogP contribution in [0.5, 0.6) is 11.5 Å².